The molecule has 86 valence electrons. The van der Waals surface area contributed by atoms with Crippen molar-refractivity contribution in [1.29, 1.82) is 0 Å². The van der Waals surface area contributed by atoms with Crippen molar-refractivity contribution in [1.82, 2.24) is 5.32 Å². The average molecular weight is 280 g/mol. The van der Waals surface area contributed by atoms with Gasteiger partial charge in [0.05, 0.1) is 0 Å². The van der Waals surface area contributed by atoms with E-state index in [1.807, 2.05) is 6.92 Å². The minimum absolute atomic E-state index is 0.327. The molecule has 0 saturated carbocycles. The second kappa shape index (κ2) is 6.73. The zero-order valence-electron chi connectivity index (χ0n) is 10.1. The number of hydrogen-bond acceptors (Lipinski definition) is 1. The van der Waals surface area contributed by atoms with Crippen LogP contribution in [0.5, 0.6) is 0 Å². The number of benzene rings is 1. The van der Waals surface area contributed by atoms with E-state index in [0.717, 1.165) is 17.4 Å². The Kier molecular flexibility index (Phi) is 5.59. The van der Waals surface area contributed by atoms with Crippen LogP contribution >= 0.6 is 15.9 Å². The first-order valence-corrected chi connectivity index (χ1v) is 6.36. The van der Waals surface area contributed by atoms with Crippen LogP contribution in [-0.4, -0.2) is 6.54 Å². The van der Waals surface area contributed by atoms with Gasteiger partial charge in [0.25, 0.3) is 0 Å². The Hall–Kier alpha value is -0.780. The Morgan fingerprint density at radius 2 is 2.12 bits per heavy atom. The molecule has 1 nitrogen and oxygen atoms in total. The van der Waals surface area contributed by atoms with Gasteiger partial charge in [0.1, 0.15) is 0 Å². The number of rotatable bonds is 4. The van der Waals surface area contributed by atoms with E-state index >= 15 is 0 Å². The molecule has 0 radical (unpaired) electrons. The van der Waals surface area contributed by atoms with Crippen LogP contribution in [-0.2, 0) is 0 Å². The van der Waals surface area contributed by atoms with Gasteiger partial charge in [-0.3, -0.25) is 0 Å². The summed E-state index contributed by atoms with van der Waals surface area (Å²) >= 11 is 3.54. The van der Waals surface area contributed by atoms with E-state index in [-0.39, 0.29) is 0 Å². The summed E-state index contributed by atoms with van der Waals surface area (Å²) in [5.41, 5.74) is 2.58. The average Bonchev–Trinajstić information content (AvgIpc) is 2.22. The van der Waals surface area contributed by atoms with Gasteiger partial charge >= 0.3 is 0 Å². The molecule has 0 saturated heterocycles. The normalized spacial score (nSPS) is 11.8. The van der Waals surface area contributed by atoms with Crippen LogP contribution in [0.25, 0.3) is 0 Å². The van der Waals surface area contributed by atoms with Gasteiger partial charge < -0.3 is 5.32 Å². The van der Waals surface area contributed by atoms with Crippen LogP contribution in [0.4, 0.5) is 0 Å². The van der Waals surface area contributed by atoms with E-state index < -0.39 is 0 Å². The smallest absolute Gasteiger partial charge is 0.0431 e. The van der Waals surface area contributed by atoms with Crippen molar-refractivity contribution in [2.24, 2.45) is 0 Å². The molecule has 0 bridgehead atoms. The summed E-state index contributed by atoms with van der Waals surface area (Å²) in [6.07, 6.45) is 0.861. The first-order valence-electron chi connectivity index (χ1n) is 5.57. The fourth-order valence-corrected chi connectivity index (χ4v) is 2.35. The second-order valence-corrected chi connectivity index (χ2v) is 4.72. The number of halogens is 1. The molecule has 0 spiro atoms. The molecule has 0 fully saturated rings. The molecule has 1 N–H and O–H groups in total. The van der Waals surface area contributed by atoms with Crippen molar-refractivity contribution in [3.63, 3.8) is 0 Å². The third kappa shape index (κ3) is 4.00. The lowest BCUT2D eigenvalue weighted by Crippen LogP contribution is -2.20. The van der Waals surface area contributed by atoms with Crippen LogP contribution in [0.15, 0.2) is 22.7 Å². The van der Waals surface area contributed by atoms with E-state index in [2.05, 4.69) is 65.1 Å². The molecule has 2 heteroatoms. The second-order valence-electron chi connectivity index (χ2n) is 3.80. The summed E-state index contributed by atoms with van der Waals surface area (Å²) in [5, 5.41) is 3.46. The molecule has 1 unspecified atom stereocenters. The minimum atomic E-state index is 0.327. The van der Waals surface area contributed by atoms with Gasteiger partial charge in [-0.25, -0.2) is 0 Å². The monoisotopic (exact) mass is 279 g/mol. The zero-order chi connectivity index (χ0) is 12.0. The van der Waals surface area contributed by atoms with E-state index in [0.29, 0.717) is 6.04 Å². The van der Waals surface area contributed by atoms with E-state index in [1.165, 1.54) is 11.1 Å². The van der Waals surface area contributed by atoms with Crippen molar-refractivity contribution in [2.75, 3.05) is 6.54 Å². The van der Waals surface area contributed by atoms with Gasteiger partial charge in [0, 0.05) is 16.9 Å². The largest absolute Gasteiger partial charge is 0.309 e. The predicted octanol–water partition coefficient (Wildman–Crippen LogP) is 3.82. The summed E-state index contributed by atoms with van der Waals surface area (Å²) in [7, 11) is 0. The third-order valence-electron chi connectivity index (χ3n) is 2.40. The third-order valence-corrected chi connectivity index (χ3v) is 2.86. The number of aryl methyl sites for hydroxylation is 1. The van der Waals surface area contributed by atoms with Crippen molar-refractivity contribution < 1.29 is 0 Å². The quantitative estimate of drug-likeness (QED) is 0.827. The summed E-state index contributed by atoms with van der Waals surface area (Å²) < 4.78 is 1.13. The topological polar surface area (TPSA) is 12.0 Å². The molecule has 0 amide bonds. The fourth-order valence-electron chi connectivity index (χ4n) is 1.72. The van der Waals surface area contributed by atoms with Gasteiger partial charge in [-0.15, -0.1) is 11.8 Å². The van der Waals surface area contributed by atoms with Gasteiger partial charge in [-0.2, -0.15) is 0 Å². The highest BCUT2D eigenvalue weighted by Crippen LogP contribution is 2.22. The van der Waals surface area contributed by atoms with Crippen LogP contribution in [0, 0.1) is 18.8 Å². The van der Waals surface area contributed by atoms with Crippen molar-refractivity contribution in [3.05, 3.63) is 33.8 Å². The first-order chi connectivity index (χ1) is 7.67. The lowest BCUT2D eigenvalue weighted by atomic mass is 10.0. The van der Waals surface area contributed by atoms with Crippen molar-refractivity contribution in [2.45, 2.75) is 33.2 Å². The van der Waals surface area contributed by atoms with Crippen LogP contribution in [0.2, 0.25) is 0 Å². The maximum Gasteiger partial charge on any atom is 0.0431 e. The molecule has 1 aromatic rings. The Balaban J connectivity index is 2.93. The summed E-state index contributed by atoms with van der Waals surface area (Å²) in [5.74, 6) is 6.10. The molecule has 0 aliphatic heterocycles. The fraction of sp³-hybridized carbons (Fsp3) is 0.429. The first kappa shape index (κ1) is 13.3. The van der Waals surface area contributed by atoms with Gasteiger partial charge in [-0.05, 0) is 43.7 Å². The predicted molar refractivity (Wildman–Crippen MR) is 73.4 cm³/mol. The van der Waals surface area contributed by atoms with Crippen LogP contribution in [0.3, 0.4) is 0 Å². The van der Waals surface area contributed by atoms with Crippen LogP contribution in [0.1, 0.15) is 37.4 Å². The molecule has 1 rings (SSSR count). The standard InChI is InChI=1S/C14H18BrN/c1-4-6-7-14(16-5-2)12-8-11(3)9-13(15)10-12/h8-10,14,16H,5,7H2,1-3H3. The van der Waals surface area contributed by atoms with Crippen molar-refractivity contribution in [3.8, 4) is 11.8 Å². The summed E-state index contributed by atoms with van der Waals surface area (Å²) in [6, 6.07) is 6.83. The maximum absolute atomic E-state index is 3.54. The molecule has 0 heterocycles. The molecule has 0 aromatic heterocycles. The zero-order valence-corrected chi connectivity index (χ0v) is 11.7. The number of hydrogen-bond donors (Lipinski definition) is 1. The van der Waals surface area contributed by atoms with Gasteiger partial charge in [-0.1, -0.05) is 28.9 Å². The lowest BCUT2D eigenvalue weighted by molar-refractivity contribution is 0.564. The van der Waals surface area contributed by atoms with Crippen molar-refractivity contribution >= 4 is 15.9 Å². The summed E-state index contributed by atoms with van der Waals surface area (Å²) in [4.78, 5) is 0. The Labute approximate surface area is 107 Å². The lowest BCUT2D eigenvalue weighted by Gasteiger charge is -2.16. The Morgan fingerprint density at radius 1 is 1.38 bits per heavy atom. The molecular weight excluding hydrogens is 262 g/mol. The van der Waals surface area contributed by atoms with E-state index in [4.69, 9.17) is 0 Å². The Morgan fingerprint density at radius 3 is 2.69 bits per heavy atom. The molecule has 1 atom stereocenters. The highest BCUT2D eigenvalue weighted by Gasteiger charge is 2.09. The highest BCUT2D eigenvalue weighted by atomic mass is 79.9. The maximum atomic E-state index is 3.54. The number of nitrogens with one attached hydrogen (secondary N) is 1. The van der Waals surface area contributed by atoms with E-state index in [1.54, 1.807) is 0 Å². The molecule has 16 heavy (non-hydrogen) atoms. The summed E-state index contributed by atoms with van der Waals surface area (Å²) in [6.45, 7) is 7.08. The molecular formula is C14H18BrN. The van der Waals surface area contributed by atoms with Crippen LogP contribution < -0.4 is 5.32 Å². The van der Waals surface area contributed by atoms with Gasteiger partial charge in [0.15, 0.2) is 0 Å². The Bertz CT molecular complexity index is 381. The SMILES string of the molecule is CC#CCC(NCC)c1cc(C)cc(Br)c1. The molecule has 0 aliphatic rings. The minimum Gasteiger partial charge on any atom is -0.309 e. The van der Waals surface area contributed by atoms with E-state index in [9.17, 15) is 0 Å². The van der Waals surface area contributed by atoms with Gasteiger partial charge in [0.2, 0.25) is 0 Å². The molecule has 0 aliphatic carbocycles. The highest BCUT2D eigenvalue weighted by molar-refractivity contribution is 9.10. The molecule has 1 aromatic carbocycles.